The molecule has 0 bridgehead atoms. The number of thioether (sulfide) groups is 1. The van der Waals surface area contributed by atoms with Crippen molar-refractivity contribution in [1.82, 2.24) is 0 Å². The number of rotatable bonds is 1. The minimum absolute atomic E-state index is 0.0858. The summed E-state index contributed by atoms with van der Waals surface area (Å²) in [5.74, 6) is -0.275. The molecule has 1 N–H and O–H groups in total. The second kappa shape index (κ2) is 5.64. The number of furan rings is 1. The lowest BCUT2D eigenvalue weighted by Gasteiger charge is -2.32. The predicted octanol–water partition coefficient (Wildman–Crippen LogP) is 4.86. The van der Waals surface area contributed by atoms with Crippen LogP contribution in [0, 0.1) is 0 Å². The number of hydrogen-bond donors (Lipinski definition) is 1. The Labute approximate surface area is 170 Å². The molecule has 0 radical (unpaired) electrons. The highest BCUT2D eigenvalue weighted by atomic mass is 32.2. The van der Waals surface area contributed by atoms with E-state index in [1.54, 1.807) is 4.90 Å². The maximum absolute atomic E-state index is 13.2. The Balaban J connectivity index is 1.59. The van der Waals surface area contributed by atoms with Gasteiger partial charge in [-0.25, -0.2) is 0 Å². The van der Waals surface area contributed by atoms with Crippen molar-refractivity contribution in [2.75, 3.05) is 10.2 Å². The number of carbonyl (C=O) groups excluding carboxylic acids is 2. The van der Waals surface area contributed by atoms with Crippen molar-refractivity contribution < 1.29 is 14.0 Å². The molecule has 6 rings (SSSR count). The van der Waals surface area contributed by atoms with E-state index in [2.05, 4.69) is 5.32 Å². The van der Waals surface area contributed by atoms with Crippen molar-refractivity contribution in [3.63, 3.8) is 0 Å². The first-order valence-corrected chi connectivity index (χ1v) is 10.3. The molecule has 2 aliphatic heterocycles. The number of carbonyl (C=O) groups is 2. The second-order valence-corrected chi connectivity index (χ2v) is 8.89. The minimum atomic E-state index is -1.10. The van der Waals surface area contributed by atoms with Crippen molar-refractivity contribution in [3.05, 3.63) is 72.3 Å². The summed E-state index contributed by atoms with van der Waals surface area (Å²) < 4.78 is 6.02. The Morgan fingerprint density at radius 2 is 1.72 bits per heavy atom. The molecule has 2 aliphatic rings. The Hall–Kier alpha value is -3.25. The molecule has 2 amide bonds. The van der Waals surface area contributed by atoms with E-state index < -0.39 is 4.87 Å². The fourth-order valence-corrected chi connectivity index (χ4v) is 5.90. The van der Waals surface area contributed by atoms with Gasteiger partial charge in [0.05, 0.1) is 5.25 Å². The average Bonchev–Trinajstić information content (AvgIpc) is 3.32. The molecule has 3 aromatic carbocycles. The van der Waals surface area contributed by atoms with E-state index in [0.717, 1.165) is 27.6 Å². The number of para-hydroxylation sites is 2. The molecule has 29 heavy (non-hydrogen) atoms. The fraction of sp³-hybridized carbons (Fsp3) is 0.130. The van der Waals surface area contributed by atoms with Crippen LogP contribution in [0.5, 0.6) is 0 Å². The van der Waals surface area contributed by atoms with Gasteiger partial charge in [-0.05, 0) is 31.2 Å². The van der Waals surface area contributed by atoms with Crippen LogP contribution in [-0.2, 0) is 14.5 Å². The highest BCUT2D eigenvalue weighted by Crippen LogP contribution is 2.56. The molecule has 4 aromatic rings. The molecule has 0 saturated carbocycles. The lowest BCUT2D eigenvalue weighted by molar-refractivity contribution is -0.122. The van der Waals surface area contributed by atoms with Gasteiger partial charge in [0.15, 0.2) is 0 Å². The highest BCUT2D eigenvalue weighted by Gasteiger charge is 2.60. The van der Waals surface area contributed by atoms with Gasteiger partial charge in [0.2, 0.25) is 10.8 Å². The first-order valence-electron chi connectivity index (χ1n) is 9.44. The van der Waals surface area contributed by atoms with Crippen LogP contribution in [0.25, 0.3) is 21.9 Å². The van der Waals surface area contributed by atoms with Crippen LogP contribution in [-0.4, -0.2) is 17.1 Å². The van der Waals surface area contributed by atoms with Gasteiger partial charge in [0, 0.05) is 33.8 Å². The maximum atomic E-state index is 13.2. The zero-order valence-corrected chi connectivity index (χ0v) is 16.3. The zero-order chi connectivity index (χ0) is 19.8. The quantitative estimate of drug-likeness (QED) is 0.496. The standard InChI is InChI=1S/C23H16N2O3S/c1-13-21(26)25(23(29-13)17-7-3-4-8-18(17)24-22(23)27)14-10-11-16-15-6-2-5-9-19(15)28-20(16)12-14/h2-13H,1H3,(H,24,27)/t13-,23+/m0/s1. The molecule has 5 nitrogen and oxygen atoms in total. The van der Waals surface area contributed by atoms with Crippen LogP contribution in [0.2, 0.25) is 0 Å². The van der Waals surface area contributed by atoms with E-state index in [0.29, 0.717) is 11.3 Å². The average molecular weight is 400 g/mol. The van der Waals surface area contributed by atoms with Crippen LogP contribution >= 0.6 is 11.8 Å². The molecule has 6 heteroatoms. The van der Waals surface area contributed by atoms with E-state index in [1.165, 1.54) is 11.8 Å². The molecule has 1 saturated heterocycles. The van der Waals surface area contributed by atoms with Crippen LogP contribution in [0.15, 0.2) is 71.1 Å². The summed E-state index contributed by atoms with van der Waals surface area (Å²) in [7, 11) is 0. The lowest BCUT2D eigenvalue weighted by atomic mass is 10.0. The van der Waals surface area contributed by atoms with Gasteiger partial charge < -0.3 is 9.73 Å². The number of anilines is 2. The predicted molar refractivity (Wildman–Crippen MR) is 115 cm³/mol. The zero-order valence-electron chi connectivity index (χ0n) is 15.5. The van der Waals surface area contributed by atoms with Gasteiger partial charge in [0.1, 0.15) is 11.2 Å². The van der Waals surface area contributed by atoms with E-state index in [1.807, 2.05) is 73.7 Å². The third-order valence-corrected chi connectivity index (χ3v) is 7.18. The number of fused-ring (bicyclic) bond motifs is 5. The fourth-order valence-electron chi connectivity index (χ4n) is 4.41. The lowest BCUT2D eigenvalue weighted by Crippen LogP contribution is -2.47. The molecular weight excluding hydrogens is 384 g/mol. The van der Waals surface area contributed by atoms with Crippen LogP contribution in [0.4, 0.5) is 11.4 Å². The third kappa shape index (κ3) is 2.07. The number of benzene rings is 3. The van der Waals surface area contributed by atoms with Crippen molar-refractivity contribution in [3.8, 4) is 0 Å². The molecule has 0 aliphatic carbocycles. The Morgan fingerprint density at radius 1 is 0.966 bits per heavy atom. The summed E-state index contributed by atoms with van der Waals surface area (Å²) in [6, 6.07) is 21.1. The van der Waals surface area contributed by atoms with Crippen molar-refractivity contribution in [2.45, 2.75) is 17.0 Å². The molecule has 1 spiro atoms. The Bertz CT molecular complexity index is 1340. The molecule has 2 atom stereocenters. The first kappa shape index (κ1) is 16.7. The van der Waals surface area contributed by atoms with Crippen LogP contribution in [0.1, 0.15) is 12.5 Å². The summed E-state index contributed by atoms with van der Waals surface area (Å²) in [4.78, 5) is 26.9. The summed E-state index contributed by atoms with van der Waals surface area (Å²) >= 11 is 1.38. The summed E-state index contributed by atoms with van der Waals surface area (Å²) in [5, 5.41) is 4.64. The van der Waals surface area contributed by atoms with E-state index in [9.17, 15) is 9.59 Å². The van der Waals surface area contributed by atoms with Gasteiger partial charge in [-0.3, -0.25) is 14.5 Å². The summed E-state index contributed by atoms with van der Waals surface area (Å²) in [5.41, 5.74) is 3.72. The molecule has 142 valence electrons. The van der Waals surface area contributed by atoms with Gasteiger partial charge in [-0.1, -0.05) is 36.4 Å². The molecule has 0 unspecified atom stereocenters. The van der Waals surface area contributed by atoms with Crippen molar-refractivity contribution in [2.24, 2.45) is 0 Å². The third-order valence-electron chi connectivity index (χ3n) is 5.70. The van der Waals surface area contributed by atoms with Crippen LogP contribution in [0.3, 0.4) is 0 Å². The molecule has 3 heterocycles. The van der Waals surface area contributed by atoms with E-state index >= 15 is 0 Å². The first-order chi connectivity index (χ1) is 14.1. The summed E-state index contributed by atoms with van der Waals surface area (Å²) in [6.45, 7) is 1.85. The van der Waals surface area contributed by atoms with Gasteiger partial charge in [-0.2, -0.15) is 0 Å². The highest BCUT2D eigenvalue weighted by molar-refractivity contribution is 8.03. The maximum Gasteiger partial charge on any atom is 0.266 e. The van der Waals surface area contributed by atoms with Crippen molar-refractivity contribution >= 4 is 56.9 Å². The molecule has 1 fully saturated rings. The van der Waals surface area contributed by atoms with Gasteiger partial charge in [0.25, 0.3) is 5.91 Å². The van der Waals surface area contributed by atoms with Crippen LogP contribution < -0.4 is 10.2 Å². The van der Waals surface area contributed by atoms with E-state index in [-0.39, 0.29) is 17.1 Å². The number of nitrogens with zero attached hydrogens (tertiary/aromatic N) is 1. The van der Waals surface area contributed by atoms with E-state index in [4.69, 9.17) is 4.42 Å². The number of nitrogens with one attached hydrogen (secondary N) is 1. The minimum Gasteiger partial charge on any atom is -0.456 e. The van der Waals surface area contributed by atoms with Gasteiger partial charge >= 0.3 is 0 Å². The summed E-state index contributed by atoms with van der Waals surface area (Å²) in [6.07, 6.45) is 0. The smallest absolute Gasteiger partial charge is 0.266 e. The topological polar surface area (TPSA) is 62.6 Å². The second-order valence-electron chi connectivity index (χ2n) is 7.36. The van der Waals surface area contributed by atoms with Gasteiger partial charge in [-0.15, -0.1) is 11.8 Å². The van der Waals surface area contributed by atoms with Crippen molar-refractivity contribution in [1.29, 1.82) is 0 Å². The Morgan fingerprint density at radius 3 is 2.62 bits per heavy atom. The normalized spacial score (nSPS) is 23.3. The number of hydrogen-bond acceptors (Lipinski definition) is 4. The largest absolute Gasteiger partial charge is 0.456 e. The monoisotopic (exact) mass is 400 g/mol. The number of amides is 2. The Kier molecular flexibility index (Phi) is 3.24. The SMILES string of the molecule is C[C@@H]1S[C@]2(C(=O)Nc3ccccc32)N(c2ccc3c(c2)oc2ccccc23)C1=O. The molecule has 1 aromatic heterocycles. The molecular formula is C23H16N2O3S.